The van der Waals surface area contributed by atoms with Crippen LogP contribution in [0.1, 0.15) is 42.7 Å². The minimum atomic E-state index is -0.863. The van der Waals surface area contributed by atoms with Gasteiger partial charge < -0.3 is 20.5 Å². The van der Waals surface area contributed by atoms with E-state index in [1.54, 1.807) is 6.08 Å². The van der Waals surface area contributed by atoms with E-state index in [1.807, 2.05) is 36.4 Å². The maximum Gasteiger partial charge on any atom is 0.407 e. The molecular weight excluding hydrogens is 408 g/mol. The second kappa shape index (κ2) is 11.1. The quantitative estimate of drug-likeness (QED) is 0.367. The number of amides is 2. The molecule has 0 saturated heterocycles. The van der Waals surface area contributed by atoms with Gasteiger partial charge in [0.15, 0.2) is 0 Å². The van der Waals surface area contributed by atoms with Gasteiger partial charge in [-0.2, -0.15) is 0 Å². The number of rotatable bonds is 11. The van der Waals surface area contributed by atoms with Gasteiger partial charge in [0.25, 0.3) is 0 Å². The van der Waals surface area contributed by atoms with E-state index >= 15 is 0 Å². The van der Waals surface area contributed by atoms with Crippen molar-refractivity contribution in [2.45, 2.75) is 37.6 Å². The largest absolute Gasteiger partial charge is 0.481 e. The molecule has 0 aromatic heterocycles. The Morgan fingerprint density at radius 3 is 2.25 bits per heavy atom. The molecule has 7 nitrogen and oxygen atoms in total. The molecule has 2 amide bonds. The molecule has 7 heteroatoms. The van der Waals surface area contributed by atoms with E-state index in [4.69, 9.17) is 9.84 Å². The van der Waals surface area contributed by atoms with Crippen molar-refractivity contribution in [2.24, 2.45) is 0 Å². The monoisotopic (exact) mass is 436 g/mol. The van der Waals surface area contributed by atoms with Crippen molar-refractivity contribution in [3.63, 3.8) is 0 Å². The number of nitrogens with one attached hydrogen (secondary N) is 2. The van der Waals surface area contributed by atoms with Crippen molar-refractivity contribution in [3.05, 3.63) is 72.3 Å². The Kier molecular flexibility index (Phi) is 8.02. The Bertz CT molecular complexity index is 942. The van der Waals surface area contributed by atoms with Gasteiger partial charge in [-0.3, -0.25) is 9.59 Å². The zero-order valence-electron chi connectivity index (χ0n) is 17.9. The summed E-state index contributed by atoms with van der Waals surface area (Å²) in [6, 6.07) is 15.3. The standard InChI is InChI=1S/C25H28N2O5/c1-2-9-22(24(30)26-15-8-7-14-23(28)29)27-25(31)32-16-21-19-12-5-3-10-17(19)18-11-4-6-13-20(18)21/h2-6,10-13,21-22H,1,7-9,14-16H2,(H,26,30)(H,27,31)(H,28,29). The van der Waals surface area contributed by atoms with E-state index in [0.717, 1.165) is 22.3 Å². The van der Waals surface area contributed by atoms with Crippen LogP contribution < -0.4 is 10.6 Å². The van der Waals surface area contributed by atoms with Crippen LogP contribution in [0.3, 0.4) is 0 Å². The first-order valence-electron chi connectivity index (χ1n) is 10.7. The minimum Gasteiger partial charge on any atom is -0.481 e. The van der Waals surface area contributed by atoms with Crippen LogP contribution in [-0.4, -0.2) is 42.3 Å². The lowest BCUT2D eigenvalue weighted by molar-refractivity contribution is -0.137. The predicted octanol–water partition coefficient (Wildman–Crippen LogP) is 3.84. The molecule has 0 heterocycles. The summed E-state index contributed by atoms with van der Waals surface area (Å²) in [7, 11) is 0. The van der Waals surface area contributed by atoms with Gasteiger partial charge in [0, 0.05) is 18.9 Å². The molecule has 0 spiro atoms. The van der Waals surface area contributed by atoms with Crippen molar-refractivity contribution < 1.29 is 24.2 Å². The first-order valence-corrected chi connectivity index (χ1v) is 10.7. The van der Waals surface area contributed by atoms with E-state index in [9.17, 15) is 14.4 Å². The average molecular weight is 437 g/mol. The van der Waals surface area contributed by atoms with Crippen LogP contribution in [0.4, 0.5) is 4.79 Å². The Labute approximate surface area is 187 Å². The number of hydrogen-bond acceptors (Lipinski definition) is 4. The van der Waals surface area contributed by atoms with Crippen LogP contribution in [0.2, 0.25) is 0 Å². The van der Waals surface area contributed by atoms with Crippen LogP contribution in [0.5, 0.6) is 0 Å². The van der Waals surface area contributed by atoms with Gasteiger partial charge in [0.05, 0.1) is 0 Å². The van der Waals surface area contributed by atoms with Crippen molar-refractivity contribution >= 4 is 18.0 Å². The van der Waals surface area contributed by atoms with Crippen molar-refractivity contribution in [1.82, 2.24) is 10.6 Å². The minimum absolute atomic E-state index is 0.0595. The van der Waals surface area contributed by atoms with Gasteiger partial charge in [0.1, 0.15) is 12.6 Å². The molecule has 32 heavy (non-hydrogen) atoms. The van der Waals surface area contributed by atoms with Gasteiger partial charge in [-0.1, -0.05) is 54.6 Å². The number of carboxylic acid groups (broad SMARTS) is 1. The summed E-state index contributed by atoms with van der Waals surface area (Å²) in [4.78, 5) is 35.4. The fourth-order valence-corrected chi connectivity index (χ4v) is 3.92. The number of unbranched alkanes of at least 4 members (excludes halogenated alkanes) is 1. The molecule has 0 bridgehead atoms. The molecule has 0 aliphatic heterocycles. The van der Waals surface area contributed by atoms with Crippen LogP contribution in [0.25, 0.3) is 11.1 Å². The van der Waals surface area contributed by atoms with E-state index in [2.05, 4.69) is 29.3 Å². The first-order chi connectivity index (χ1) is 15.5. The van der Waals surface area contributed by atoms with Crippen molar-refractivity contribution in [1.29, 1.82) is 0 Å². The summed E-state index contributed by atoms with van der Waals surface area (Å²) >= 11 is 0. The van der Waals surface area contributed by atoms with Gasteiger partial charge in [-0.05, 0) is 41.5 Å². The maximum absolute atomic E-state index is 12.5. The average Bonchev–Trinajstić information content (AvgIpc) is 3.10. The van der Waals surface area contributed by atoms with Gasteiger partial charge in [-0.25, -0.2) is 4.79 Å². The van der Waals surface area contributed by atoms with Crippen molar-refractivity contribution in [2.75, 3.05) is 13.2 Å². The Morgan fingerprint density at radius 1 is 1.03 bits per heavy atom. The van der Waals surface area contributed by atoms with Gasteiger partial charge in [-0.15, -0.1) is 6.58 Å². The summed E-state index contributed by atoms with van der Waals surface area (Å²) in [6.07, 6.45) is 2.22. The van der Waals surface area contributed by atoms with Crippen LogP contribution >= 0.6 is 0 Å². The van der Waals surface area contributed by atoms with E-state index in [-0.39, 0.29) is 31.3 Å². The molecule has 1 aliphatic carbocycles. The van der Waals surface area contributed by atoms with Gasteiger partial charge in [0.2, 0.25) is 5.91 Å². The molecule has 2 aromatic carbocycles. The third-order valence-electron chi connectivity index (χ3n) is 5.47. The number of ether oxygens (including phenoxy) is 1. The number of hydrogen-bond donors (Lipinski definition) is 3. The lowest BCUT2D eigenvalue weighted by Gasteiger charge is -2.19. The summed E-state index contributed by atoms with van der Waals surface area (Å²) in [5.41, 5.74) is 4.51. The molecule has 168 valence electrons. The number of carbonyl (C=O) groups is 3. The Hall–Kier alpha value is -3.61. The highest BCUT2D eigenvalue weighted by Gasteiger charge is 2.29. The van der Waals surface area contributed by atoms with E-state index in [1.165, 1.54) is 0 Å². The molecule has 0 fully saturated rings. The van der Waals surface area contributed by atoms with E-state index < -0.39 is 18.1 Å². The molecule has 1 unspecified atom stereocenters. The number of alkyl carbamates (subject to hydrolysis) is 1. The number of carboxylic acids is 1. The predicted molar refractivity (Wildman–Crippen MR) is 121 cm³/mol. The zero-order valence-corrected chi connectivity index (χ0v) is 17.9. The lowest BCUT2D eigenvalue weighted by atomic mass is 9.98. The highest BCUT2D eigenvalue weighted by Crippen LogP contribution is 2.44. The van der Waals surface area contributed by atoms with Crippen LogP contribution in [-0.2, 0) is 14.3 Å². The molecule has 0 radical (unpaired) electrons. The topological polar surface area (TPSA) is 105 Å². The second-order valence-corrected chi connectivity index (χ2v) is 7.69. The third kappa shape index (κ3) is 5.75. The number of carbonyl (C=O) groups excluding carboxylic acids is 2. The number of benzene rings is 2. The lowest BCUT2D eigenvalue weighted by Crippen LogP contribution is -2.47. The zero-order chi connectivity index (χ0) is 22.9. The number of fused-ring (bicyclic) bond motifs is 3. The molecule has 2 aromatic rings. The number of aliphatic carboxylic acids is 1. The SMILES string of the molecule is C=CCC(NC(=O)OCC1c2ccccc2-c2ccccc21)C(=O)NCCCCC(=O)O. The molecule has 1 aliphatic rings. The molecule has 3 N–H and O–H groups in total. The smallest absolute Gasteiger partial charge is 0.407 e. The summed E-state index contributed by atoms with van der Waals surface area (Å²) in [5, 5.41) is 14.0. The Balaban J connectivity index is 1.54. The van der Waals surface area contributed by atoms with Crippen molar-refractivity contribution in [3.8, 4) is 11.1 Å². The van der Waals surface area contributed by atoms with Gasteiger partial charge >= 0.3 is 12.1 Å². The first kappa shape index (κ1) is 23.1. The van der Waals surface area contributed by atoms with Crippen LogP contribution in [0.15, 0.2) is 61.2 Å². The fourth-order valence-electron chi connectivity index (χ4n) is 3.92. The summed E-state index contributed by atoms with van der Waals surface area (Å²) < 4.78 is 5.51. The molecule has 1 atom stereocenters. The Morgan fingerprint density at radius 2 is 1.66 bits per heavy atom. The normalized spacial score (nSPS) is 12.9. The molecular formula is C25H28N2O5. The summed E-state index contributed by atoms with van der Waals surface area (Å²) in [5.74, 6) is -1.28. The maximum atomic E-state index is 12.5. The molecule has 3 rings (SSSR count). The fraction of sp³-hybridized carbons (Fsp3) is 0.320. The van der Waals surface area contributed by atoms with E-state index in [0.29, 0.717) is 19.4 Å². The summed E-state index contributed by atoms with van der Waals surface area (Å²) in [6.45, 7) is 4.14. The highest BCUT2D eigenvalue weighted by molar-refractivity contribution is 5.86. The van der Waals surface area contributed by atoms with Crippen LogP contribution in [0, 0.1) is 0 Å². The molecule has 0 saturated carbocycles. The third-order valence-corrected chi connectivity index (χ3v) is 5.47. The second-order valence-electron chi connectivity index (χ2n) is 7.69. The highest BCUT2D eigenvalue weighted by atomic mass is 16.5.